The Balaban J connectivity index is 2.00. The van der Waals surface area contributed by atoms with Crippen molar-refractivity contribution in [2.75, 3.05) is 36.5 Å². The van der Waals surface area contributed by atoms with Gasteiger partial charge in [-0.15, -0.1) is 11.3 Å². The molecule has 0 aliphatic carbocycles. The van der Waals surface area contributed by atoms with Crippen molar-refractivity contribution in [3.8, 4) is 0 Å². The first-order valence-corrected chi connectivity index (χ1v) is 7.96. The number of aromatic nitrogens is 2. The molecule has 0 saturated carbocycles. The average molecular weight is 327 g/mol. The van der Waals surface area contributed by atoms with Gasteiger partial charge in [-0.2, -0.15) is 4.98 Å². The fraction of sp³-hybridized carbons (Fsp3) is 0.462. The van der Waals surface area contributed by atoms with Gasteiger partial charge in [-0.1, -0.05) is 6.92 Å². The van der Waals surface area contributed by atoms with Crippen LogP contribution in [0.4, 0.5) is 10.8 Å². The summed E-state index contributed by atoms with van der Waals surface area (Å²) in [6.45, 7) is 4.72. The summed E-state index contributed by atoms with van der Waals surface area (Å²) in [7, 11) is 0. The zero-order valence-electron chi connectivity index (χ0n) is 11.6. The highest BCUT2D eigenvalue weighted by Gasteiger charge is 2.19. The molecule has 0 unspecified atom stereocenters. The predicted octanol–water partition coefficient (Wildman–Crippen LogP) is 2.53. The summed E-state index contributed by atoms with van der Waals surface area (Å²) in [6.07, 6.45) is 0.441. The fourth-order valence-corrected chi connectivity index (χ4v) is 3.37. The first kappa shape index (κ1) is 14.5. The molecule has 1 saturated heterocycles. The van der Waals surface area contributed by atoms with Gasteiger partial charge in [0.15, 0.2) is 5.82 Å². The van der Waals surface area contributed by atoms with E-state index in [0.29, 0.717) is 19.6 Å². The monoisotopic (exact) mass is 326 g/mol. The third-order valence-corrected chi connectivity index (χ3v) is 4.43. The molecule has 0 radical (unpaired) electrons. The zero-order chi connectivity index (χ0) is 14.8. The van der Waals surface area contributed by atoms with Crippen molar-refractivity contribution in [2.45, 2.75) is 13.3 Å². The third-order valence-electron chi connectivity index (χ3n) is 3.22. The van der Waals surface area contributed by atoms with Gasteiger partial charge in [-0.25, -0.2) is 4.98 Å². The summed E-state index contributed by atoms with van der Waals surface area (Å²) in [4.78, 5) is 22.3. The van der Waals surface area contributed by atoms with Gasteiger partial charge >= 0.3 is 0 Å². The van der Waals surface area contributed by atoms with Gasteiger partial charge in [0, 0.05) is 19.5 Å². The number of carbonyl (C=O) groups is 1. The molecule has 8 heteroatoms. The lowest BCUT2D eigenvalue weighted by atomic mass is 10.3. The Kier molecular flexibility index (Phi) is 4.23. The second-order valence-electron chi connectivity index (χ2n) is 4.64. The Morgan fingerprint density at radius 3 is 2.95 bits per heavy atom. The predicted molar refractivity (Wildman–Crippen MR) is 84.4 cm³/mol. The highest BCUT2D eigenvalue weighted by molar-refractivity contribution is 7.23. The van der Waals surface area contributed by atoms with Crippen LogP contribution in [0.3, 0.4) is 0 Å². The number of thiophene rings is 1. The average Bonchev–Trinajstić information content (AvgIpc) is 2.89. The molecule has 6 nitrogen and oxygen atoms in total. The molecule has 2 aromatic rings. The molecule has 3 rings (SSSR count). The van der Waals surface area contributed by atoms with E-state index >= 15 is 0 Å². The maximum absolute atomic E-state index is 11.5. The molecule has 1 aliphatic rings. The number of carbonyl (C=O) groups excluding carboxylic acids is 1. The lowest BCUT2D eigenvalue weighted by Gasteiger charge is -2.28. The van der Waals surface area contributed by atoms with E-state index in [1.54, 1.807) is 0 Å². The highest BCUT2D eigenvalue weighted by atomic mass is 35.5. The van der Waals surface area contributed by atoms with Crippen LogP contribution in [0.5, 0.6) is 0 Å². The number of nitrogens with zero attached hydrogens (tertiary/aromatic N) is 3. The zero-order valence-corrected chi connectivity index (χ0v) is 13.1. The Morgan fingerprint density at radius 2 is 2.24 bits per heavy atom. The van der Waals surface area contributed by atoms with Crippen LogP contribution in [0.25, 0.3) is 10.2 Å². The first-order chi connectivity index (χ1) is 10.2. The lowest BCUT2D eigenvalue weighted by Crippen LogP contribution is -2.36. The fourth-order valence-electron chi connectivity index (χ4n) is 2.16. The topological polar surface area (TPSA) is 67.4 Å². The van der Waals surface area contributed by atoms with Crippen molar-refractivity contribution < 1.29 is 9.53 Å². The van der Waals surface area contributed by atoms with E-state index in [4.69, 9.17) is 16.3 Å². The Hall–Kier alpha value is -1.44. The molecule has 0 aromatic carbocycles. The number of hydrogen-bond acceptors (Lipinski definition) is 6. The van der Waals surface area contributed by atoms with Gasteiger partial charge in [0.2, 0.25) is 11.2 Å². The minimum atomic E-state index is -0.0199. The normalized spacial score (nSPS) is 15.4. The first-order valence-electron chi connectivity index (χ1n) is 6.77. The second-order valence-corrected chi connectivity index (χ2v) is 6.03. The smallest absolute Gasteiger partial charge is 0.224 e. The molecule has 112 valence electrons. The van der Waals surface area contributed by atoms with Crippen molar-refractivity contribution in [3.05, 3.63) is 11.3 Å². The van der Waals surface area contributed by atoms with Gasteiger partial charge in [0.1, 0.15) is 0 Å². The summed E-state index contributed by atoms with van der Waals surface area (Å²) < 4.78 is 6.30. The Bertz CT molecular complexity index is 669. The molecule has 2 aromatic heterocycles. The summed E-state index contributed by atoms with van der Waals surface area (Å²) in [5.41, 5.74) is 0.757. The van der Waals surface area contributed by atoms with E-state index in [0.717, 1.165) is 34.1 Å². The van der Waals surface area contributed by atoms with E-state index in [-0.39, 0.29) is 11.2 Å². The number of ether oxygens (including phenoxy) is 1. The van der Waals surface area contributed by atoms with Crippen molar-refractivity contribution in [1.82, 2.24) is 9.97 Å². The number of halogens is 1. The maximum atomic E-state index is 11.5. The number of morpholine rings is 1. The van der Waals surface area contributed by atoms with E-state index < -0.39 is 0 Å². The number of rotatable bonds is 3. The van der Waals surface area contributed by atoms with E-state index in [2.05, 4.69) is 20.2 Å². The molecular weight excluding hydrogens is 312 g/mol. The molecule has 0 spiro atoms. The van der Waals surface area contributed by atoms with Gasteiger partial charge in [-0.05, 0) is 17.7 Å². The second kappa shape index (κ2) is 6.13. The van der Waals surface area contributed by atoms with E-state index in [9.17, 15) is 4.79 Å². The summed E-state index contributed by atoms with van der Waals surface area (Å²) in [6, 6.07) is 1.84. The molecular formula is C13H15ClN4O2S. The quantitative estimate of drug-likeness (QED) is 0.878. The number of hydrogen-bond donors (Lipinski definition) is 1. The molecule has 0 atom stereocenters. The minimum Gasteiger partial charge on any atom is -0.378 e. The van der Waals surface area contributed by atoms with Crippen LogP contribution in [0, 0.1) is 0 Å². The van der Waals surface area contributed by atoms with Crippen LogP contribution in [-0.2, 0) is 9.53 Å². The van der Waals surface area contributed by atoms with Crippen LogP contribution in [0.2, 0.25) is 5.28 Å². The molecule has 1 aliphatic heterocycles. The van der Waals surface area contributed by atoms with Crippen molar-refractivity contribution >= 4 is 49.9 Å². The van der Waals surface area contributed by atoms with E-state index in [1.807, 2.05) is 13.0 Å². The molecule has 1 N–H and O–H groups in total. The molecule has 0 bridgehead atoms. The van der Waals surface area contributed by atoms with Crippen LogP contribution in [0.15, 0.2) is 6.07 Å². The summed E-state index contributed by atoms with van der Waals surface area (Å²) in [5, 5.41) is 3.84. The highest BCUT2D eigenvalue weighted by Crippen LogP contribution is 2.35. The Labute approximate surface area is 131 Å². The summed E-state index contributed by atoms with van der Waals surface area (Å²) in [5.74, 6) is 0.795. The van der Waals surface area contributed by atoms with Crippen molar-refractivity contribution in [2.24, 2.45) is 0 Å². The molecule has 1 fully saturated rings. The van der Waals surface area contributed by atoms with Gasteiger partial charge in [0.25, 0.3) is 0 Å². The standard InChI is InChI=1S/C13H15ClN4O2S/c1-2-9(19)16-10-7-8-11(21-10)12(17-13(14)15-8)18-3-5-20-6-4-18/h7H,2-6H2,1H3,(H,16,19). The third kappa shape index (κ3) is 3.09. The Morgan fingerprint density at radius 1 is 1.48 bits per heavy atom. The van der Waals surface area contributed by atoms with Gasteiger partial charge in [0.05, 0.1) is 28.4 Å². The number of fused-ring (bicyclic) bond motifs is 1. The van der Waals surface area contributed by atoms with Crippen LogP contribution in [-0.4, -0.2) is 42.2 Å². The number of amides is 1. The van der Waals surface area contributed by atoms with Gasteiger partial charge in [-0.3, -0.25) is 4.79 Å². The van der Waals surface area contributed by atoms with E-state index in [1.165, 1.54) is 11.3 Å². The van der Waals surface area contributed by atoms with Crippen molar-refractivity contribution in [1.29, 1.82) is 0 Å². The molecule has 21 heavy (non-hydrogen) atoms. The molecule has 3 heterocycles. The largest absolute Gasteiger partial charge is 0.378 e. The van der Waals surface area contributed by atoms with Crippen LogP contribution >= 0.6 is 22.9 Å². The summed E-state index contributed by atoms with van der Waals surface area (Å²) >= 11 is 7.49. The lowest BCUT2D eigenvalue weighted by molar-refractivity contribution is -0.115. The molecule has 1 amide bonds. The van der Waals surface area contributed by atoms with Crippen molar-refractivity contribution in [3.63, 3.8) is 0 Å². The maximum Gasteiger partial charge on any atom is 0.224 e. The SMILES string of the molecule is CCC(=O)Nc1cc2nc(Cl)nc(N3CCOCC3)c2s1. The van der Waals surface area contributed by atoms with Crippen LogP contribution < -0.4 is 10.2 Å². The van der Waals surface area contributed by atoms with Crippen LogP contribution in [0.1, 0.15) is 13.3 Å². The number of anilines is 2. The number of nitrogens with one attached hydrogen (secondary N) is 1. The minimum absolute atomic E-state index is 0.0199. The van der Waals surface area contributed by atoms with Gasteiger partial charge < -0.3 is 15.0 Å².